The van der Waals surface area contributed by atoms with Crippen molar-refractivity contribution in [1.82, 2.24) is 15.2 Å². The summed E-state index contributed by atoms with van der Waals surface area (Å²) in [6.45, 7) is 4.59. The molecule has 9 heteroatoms. The molecule has 1 fully saturated rings. The van der Waals surface area contributed by atoms with E-state index in [2.05, 4.69) is 40.1 Å². The molecule has 2 amide bonds. The molecule has 2 aromatic rings. The van der Waals surface area contributed by atoms with Crippen LogP contribution in [0.4, 0.5) is 5.13 Å². The van der Waals surface area contributed by atoms with Gasteiger partial charge in [0.15, 0.2) is 5.13 Å². The lowest BCUT2D eigenvalue weighted by molar-refractivity contribution is -0.120. The lowest BCUT2D eigenvalue weighted by Crippen LogP contribution is -2.40. The number of carbonyl (C=O) groups is 2. The molecule has 2 aliphatic heterocycles. The fourth-order valence-electron chi connectivity index (χ4n) is 3.99. The summed E-state index contributed by atoms with van der Waals surface area (Å²) in [5, 5.41) is 3.90. The first-order valence-electron chi connectivity index (χ1n) is 10.0. The van der Waals surface area contributed by atoms with Crippen LogP contribution in [0.25, 0.3) is 0 Å². The number of rotatable bonds is 5. The minimum atomic E-state index is -0.192. The highest BCUT2D eigenvalue weighted by atomic mass is 79.9. The van der Waals surface area contributed by atoms with Crippen molar-refractivity contribution in [2.45, 2.75) is 38.6 Å². The summed E-state index contributed by atoms with van der Waals surface area (Å²) in [7, 11) is 2.14. The zero-order chi connectivity index (χ0) is 20.5. The summed E-state index contributed by atoms with van der Waals surface area (Å²) >= 11 is 6.45. The van der Waals surface area contributed by atoms with Crippen LogP contribution in [0.5, 0.6) is 0 Å². The highest BCUT2D eigenvalue weighted by molar-refractivity contribution is 9.11. The number of amides is 2. The van der Waals surface area contributed by atoms with Gasteiger partial charge >= 0.3 is 0 Å². The third-order valence-corrected chi connectivity index (χ3v) is 8.41. The summed E-state index contributed by atoms with van der Waals surface area (Å²) in [6.07, 6.45) is 3.58. The number of aromatic nitrogens is 1. The van der Waals surface area contributed by atoms with Crippen LogP contribution < -0.4 is 10.2 Å². The summed E-state index contributed by atoms with van der Waals surface area (Å²) < 4.78 is 0.923. The number of fused-ring (bicyclic) bond motifs is 1. The Bertz CT molecular complexity index is 887. The van der Waals surface area contributed by atoms with Crippen molar-refractivity contribution >= 4 is 55.5 Å². The van der Waals surface area contributed by atoms with E-state index < -0.39 is 0 Å². The monoisotopic (exact) mass is 496 g/mol. The molecule has 2 aromatic heterocycles. The van der Waals surface area contributed by atoms with E-state index in [0.29, 0.717) is 11.4 Å². The third-order valence-electron chi connectivity index (χ3n) is 5.61. The fraction of sp³-hybridized carbons (Fsp3) is 0.550. The quantitative estimate of drug-likeness (QED) is 0.686. The lowest BCUT2D eigenvalue weighted by atomic mass is 9.97. The molecule has 0 aromatic carbocycles. The minimum Gasteiger partial charge on any atom is -0.346 e. The van der Waals surface area contributed by atoms with Gasteiger partial charge in [-0.2, -0.15) is 0 Å². The molecule has 0 radical (unpaired) electrons. The van der Waals surface area contributed by atoms with Gasteiger partial charge in [0.2, 0.25) is 5.91 Å². The molecule has 0 unspecified atom stereocenters. The number of thiophene rings is 1. The zero-order valence-corrected chi connectivity index (χ0v) is 19.8. The Kier molecular flexibility index (Phi) is 6.38. The Labute approximate surface area is 187 Å². The molecule has 2 atom stereocenters. The number of anilines is 1. The average molecular weight is 497 g/mol. The second-order valence-corrected chi connectivity index (χ2v) is 11.2. The van der Waals surface area contributed by atoms with Crippen LogP contribution in [0, 0.1) is 5.92 Å². The molecule has 2 aliphatic rings. The summed E-state index contributed by atoms with van der Waals surface area (Å²) in [5.74, 6) is -0.216. The molecule has 0 bridgehead atoms. The van der Waals surface area contributed by atoms with Crippen molar-refractivity contribution in [1.29, 1.82) is 0 Å². The molecule has 4 rings (SSSR count). The number of nitrogens with one attached hydrogen (secondary N) is 1. The predicted molar refractivity (Wildman–Crippen MR) is 121 cm³/mol. The highest BCUT2D eigenvalue weighted by Gasteiger charge is 2.42. The number of carbonyl (C=O) groups excluding carboxylic acids is 2. The van der Waals surface area contributed by atoms with E-state index in [4.69, 9.17) is 4.98 Å². The molecule has 4 heterocycles. The molecular weight excluding hydrogens is 472 g/mol. The van der Waals surface area contributed by atoms with Crippen molar-refractivity contribution in [3.63, 3.8) is 0 Å². The minimum absolute atomic E-state index is 0.0885. The summed E-state index contributed by atoms with van der Waals surface area (Å²) in [6, 6.07) is 3.49. The number of thiazole rings is 1. The van der Waals surface area contributed by atoms with Crippen molar-refractivity contribution in [2.24, 2.45) is 5.92 Å². The second kappa shape index (κ2) is 8.83. The first kappa shape index (κ1) is 21.0. The molecular formula is C20H25BrN4O2S2. The standard InChI is InChI=1S/C20H25BrN4O2S2/c1-3-4-12-14(22-18(26)16-5-6-17(21)28-16)11-25(19(12)27)20-23-13-7-9-24(2)10-8-15(13)29-20/h5-6,12,14H,3-4,7-11H2,1-2H3,(H,22,26)/t12-,14+/m1/s1. The number of hydrogen-bond donors (Lipinski definition) is 1. The van der Waals surface area contributed by atoms with Gasteiger partial charge in [0, 0.05) is 30.9 Å². The fourth-order valence-corrected chi connectivity index (χ4v) is 6.39. The molecule has 1 N–H and O–H groups in total. The third kappa shape index (κ3) is 4.42. The van der Waals surface area contributed by atoms with Crippen LogP contribution in [-0.2, 0) is 17.6 Å². The first-order chi connectivity index (χ1) is 14.0. The molecule has 1 saturated heterocycles. The Morgan fingerprint density at radius 1 is 1.31 bits per heavy atom. The summed E-state index contributed by atoms with van der Waals surface area (Å²) in [5.41, 5.74) is 1.13. The molecule has 156 valence electrons. The van der Waals surface area contributed by atoms with Gasteiger partial charge in [-0.1, -0.05) is 13.3 Å². The van der Waals surface area contributed by atoms with Crippen molar-refractivity contribution in [2.75, 3.05) is 31.6 Å². The van der Waals surface area contributed by atoms with E-state index in [0.717, 1.165) is 53.4 Å². The Hall–Kier alpha value is -1.29. The van der Waals surface area contributed by atoms with E-state index in [1.54, 1.807) is 16.2 Å². The van der Waals surface area contributed by atoms with Gasteiger partial charge in [-0.3, -0.25) is 14.5 Å². The number of likely N-dealkylation sites (N-methyl/N-ethyl adjacent to an activating group) is 1. The predicted octanol–water partition coefficient (Wildman–Crippen LogP) is 3.56. The maximum atomic E-state index is 13.2. The van der Waals surface area contributed by atoms with Crippen LogP contribution in [0.15, 0.2) is 15.9 Å². The normalized spacial score (nSPS) is 22.6. The van der Waals surface area contributed by atoms with E-state index >= 15 is 0 Å². The number of hydrogen-bond acceptors (Lipinski definition) is 6. The van der Waals surface area contributed by atoms with Gasteiger partial charge < -0.3 is 10.2 Å². The van der Waals surface area contributed by atoms with Gasteiger partial charge in [0.25, 0.3) is 5.91 Å². The largest absolute Gasteiger partial charge is 0.346 e. The van der Waals surface area contributed by atoms with Crippen LogP contribution >= 0.6 is 38.6 Å². The van der Waals surface area contributed by atoms with E-state index in [1.165, 1.54) is 16.2 Å². The van der Waals surface area contributed by atoms with Crippen molar-refractivity contribution < 1.29 is 9.59 Å². The number of nitrogens with zero attached hydrogens (tertiary/aromatic N) is 3. The molecule has 0 spiro atoms. The van der Waals surface area contributed by atoms with Crippen LogP contribution in [0.3, 0.4) is 0 Å². The Balaban J connectivity index is 1.52. The average Bonchev–Trinajstić information content (AvgIpc) is 3.35. The Morgan fingerprint density at radius 3 is 2.83 bits per heavy atom. The summed E-state index contributed by atoms with van der Waals surface area (Å²) in [4.78, 5) is 36.8. The first-order valence-corrected chi connectivity index (χ1v) is 12.4. The zero-order valence-electron chi connectivity index (χ0n) is 16.6. The van der Waals surface area contributed by atoms with Gasteiger partial charge in [0.05, 0.1) is 26.3 Å². The maximum absolute atomic E-state index is 13.2. The van der Waals surface area contributed by atoms with Crippen LogP contribution in [0.1, 0.15) is 40.0 Å². The van der Waals surface area contributed by atoms with Gasteiger partial charge in [-0.15, -0.1) is 22.7 Å². The van der Waals surface area contributed by atoms with Crippen molar-refractivity contribution in [3.8, 4) is 0 Å². The van der Waals surface area contributed by atoms with Crippen LogP contribution in [0.2, 0.25) is 0 Å². The second-order valence-electron chi connectivity index (χ2n) is 7.70. The van der Waals surface area contributed by atoms with Gasteiger partial charge in [0.1, 0.15) is 0 Å². The maximum Gasteiger partial charge on any atom is 0.261 e. The van der Waals surface area contributed by atoms with E-state index in [-0.39, 0.29) is 23.8 Å². The van der Waals surface area contributed by atoms with E-state index in [1.807, 2.05) is 12.1 Å². The molecule has 6 nitrogen and oxygen atoms in total. The van der Waals surface area contributed by atoms with Gasteiger partial charge in [-0.05, 0) is 48.0 Å². The van der Waals surface area contributed by atoms with E-state index in [9.17, 15) is 9.59 Å². The van der Waals surface area contributed by atoms with Gasteiger partial charge in [-0.25, -0.2) is 4.98 Å². The number of halogens is 1. The highest BCUT2D eigenvalue weighted by Crippen LogP contribution is 2.34. The van der Waals surface area contributed by atoms with Crippen molar-refractivity contribution in [3.05, 3.63) is 31.4 Å². The van der Waals surface area contributed by atoms with Crippen LogP contribution in [-0.4, -0.2) is 54.4 Å². The lowest BCUT2D eigenvalue weighted by Gasteiger charge is -2.17. The molecule has 0 saturated carbocycles. The smallest absolute Gasteiger partial charge is 0.261 e. The molecule has 0 aliphatic carbocycles. The topological polar surface area (TPSA) is 65.5 Å². The molecule has 29 heavy (non-hydrogen) atoms. The SMILES string of the molecule is CCC[C@H]1C(=O)N(c2nc3c(s2)CCN(C)CC3)C[C@@H]1NC(=O)c1ccc(Br)s1. The Morgan fingerprint density at radius 2 is 2.10 bits per heavy atom.